The van der Waals surface area contributed by atoms with Crippen LogP contribution < -0.4 is 0 Å². The van der Waals surface area contributed by atoms with Gasteiger partial charge in [0.25, 0.3) is 0 Å². The number of thiazole rings is 1. The summed E-state index contributed by atoms with van der Waals surface area (Å²) in [6, 6.07) is 7.10. The molecule has 4 nitrogen and oxygen atoms in total. The van der Waals surface area contributed by atoms with Crippen molar-refractivity contribution in [2.75, 3.05) is 13.1 Å². The fourth-order valence-electron chi connectivity index (χ4n) is 2.66. The molecule has 1 aliphatic rings. The van der Waals surface area contributed by atoms with Gasteiger partial charge >= 0.3 is 0 Å². The lowest BCUT2D eigenvalue weighted by molar-refractivity contribution is 0.346. The second-order valence-electron chi connectivity index (χ2n) is 5.47. The molecule has 6 heteroatoms. The van der Waals surface area contributed by atoms with Gasteiger partial charge in [-0.3, -0.25) is 0 Å². The average molecular weight is 336 g/mol. The molecule has 1 fully saturated rings. The van der Waals surface area contributed by atoms with Crippen LogP contribution in [0.3, 0.4) is 0 Å². The van der Waals surface area contributed by atoms with Crippen LogP contribution in [0.15, 0.2) is 34.5 Å². The van der Waals surface area contributed by atoms with Gasteiger partial charge in [-0.2, -0.15) is 4.31 Å². The summed E-state index contributed by atoms with van der Waals surface area (Å²) in [6.45, 7) is 3.35. The SMILES string of the molecule is CCc1nc(-c2ccc(S(=O)(=O)N3CCCCC3)cc2)cs1. The maximum Gasteiger partial charge on any atom is 0.243 e. The first-order valence-corrected chi connectivity index (χ1v) is 9.98. The molecule has 0 N–H and O–H groups in total. The van der Waals surface area contributed by atoms with Crippen LogP contribution in [0.2, 0.25) is 0 Å². The number of aryl methyl sites for hydroxylation is 1. The second-order valence-corrected chi connectivity index (χ2v) is 8.35. The molecule has 1 aromatic carbocycles. The molecule has 0 saturated carbocycles. The van der Waals surface area contributed by atoms with Gasteiger partial charge in [0.15, 0.2) is 0 Å². The van der Waals surface area contributed by atoms with Crippen LogP contribution in [0.4, 0.5) is 0 Å². The maximum atomic E-state index is 12.6. The van der Waals surface area contributed by atoms with Crippen molar-refractivity contribution in [1.29, 1.82) is 0 Å². The lowest BCUT2D eigenvalue weighted by Gasteiger charge is -2.25. The van der Waals surface area contributed by atoms with Gasteiger partial charge in [0, 0.05) is 24.0 Å². The Bertz CT molecular complexity index is 730. The van der Waals surface area contributed by atoms with E-state index in [0.717, 1.165) is 41.9 Å². The molecule has 0 bridgehead atoms. The molecule has 0 aliphatic carbocycles. The molecule has 0 spiro atoms. The van der Waals surface area contributed by atoms with Crippen LogP contribution in [0.5, 0.6) is 0 Å². The third kappa shape index (κ3) is 3.09. The first-order chi connectivity index (χ1) is 10.6. The van der Waals surface area contributed by atoms with E-state index in [4.69, 9.17) is 0 Å². The predicted molar refractivity (Wildman–Crippen MR) is 89.5 cm³/mol. The summed E-state index contributed by atoms with van der Waals surface area (Å²) in [5, 5.41) is 3.12. The number of hydrogen-bond donors (Lipinski definition) is 0. The van der Waals surface area contributed by atoms with E-state index in [1.54, 1.807) is 27.8 Å². The number of nitrogens with zero attached hydrogens (tertiary/aromatic N) is 2. The van der Waals surface area contributed by atoms with E-state index < -0.39 is 10.0 Å². The van der Waals surface area contributed by atoms with Gasteiger partial charge in [0.2, 0.25) is 10.0 Å². The van der Waals surface area contributed by atoms with Gasteiger partial charge in [-0.25, -0.2) is 13.4 Å². The van der Waals surface area contributed by atoms with Crippen molar-refractivity contribution in [3.63, 3.8) is 0 Å². The predicted octanol–water partition coefficient (Wildman–Crippen LogP) is 3.55. The van der Waals surface area contributed by atoms with Crippen LogP contribution in [-0.4, -0.2) is 30.8 Å². The van der Waals surface area contributed by atoms with Crippen LogP contribution >= 0.6 is 11.3 Å². The van der Waals surface area contributed by atoms with Gasteiger partial charge in [-0.15, -0.1) is 11.3 Å². The van der Waals surface area contributed by atoms with Crippen LogP contribution in [-0.2, 0) is 16.4 Å². The highest BCUT2D eigenvalue weighted by molar-refractivity contribution is 7.89. The molecule has 1 aromatic heterocycles. The highest BCUT2D eigenvalue weighted by Crippen LogP contribution is 2.25. The molecule has 0 radical (unpaired) electrons. The van der Waals surface area contributed by atoms with Gasteiger partial charge in [0.05, 0.1) is 15.6 Å². The van der Waals surface area contributed by atoms with Crippen molar-refractivity contribution < 1.29 is 8.42 Å². The summed E-state index contributed by atoms with van der Waals surface area (Å²) in [6.07, 6.45) is 3.95. The number of benzene rings is 1. The zero-order valence-electron chi connectivity index (χ0n) is 12.7. The van der Waals surface area contributed by atoms with E-state index in [1.807, 2.05) is 17.5 Å². The highest BCUT2D eigenvalue weighted by Gasteiger charge is 2.25. The minimum absolute atomic E-state index is 0.379. The molecule has 0 unspecified atom stereocenters. The Morgan fingerprint density at radius 2 is 1.82 bits per heavy atom. The average Bonchev–Trinajstić information content (AvgIpc) is 3.05. The Morgan fingerprint density at radius 3 is 2.41 bits per heavy atom. The molecule has 1 saturated heterocycles. The van der Waals surface area contributed by atoms with E-state index >= 15 is 0 Å². The van der Waals surface area contributed by atoms with Crippen molar-refractivity contribution >= 4 is 21.4 Å². The van der Waals surface area contributed by atoms with Crippen LogP contribution in [0, 0.1) is 0 Å². The number of hydrogen-bond acceptors (Lipinski definition) is 4. The molecular weight excluding hydrogens is 316 g/mol. The molecular formula is C16H20N2O2S2. The van der Waals surface area contributed by atoms with E-state index in [1.165, 1.54) is 0 Å². The Balaban J connectivity index is 1.84. The molecule has 2 heterocycles. The van der Waals surface area contributed by atoms with E-state index in [9.17, 15) is 8.42 Å². The van der Waals surface area contributed by atoms with E-state index in [0.29, 0.717) is 18.0 Å². The summed E-state index contributed by atoms with van der Waals surface area (Å²) in [4.78, 5) is 4.92. The minimum atomic E-state index is -3.34. The summed E-state index contributed by atoms with van der Waals surface area (Å²) in [7, 11) is -3.34. The van der Waals surface area contributed by atoms with Crippen LogP contribution in [0.25, 0.3) is 11.3 Å². The second kappa shape index (κ2) is 6.48. The zero-order chi connectivity index (χ0) is 15.6. The number of piperidine rings is 1. The molecule has 118 valence electrons. The lowest BCUT2D eigenvalue weighted by Crippen LogP contribution is -2.35. The van der Waals surface area contributed by atoms with Gasteiger partial charge in [0.1, 0.15) is 0 Å². The third-order valence-electron chi connectivity index (χ3n) is 3.96. The minimum Gasteiger partial charge on any atom is -0.241 e. The Labute approximate surface area is 135 Å². The van der Waals surface area contributed by atoms with Crippen molar-refractivity contribution in [3.05, 3.63) is 34.7 Å². The van der Waals surface area contributed by atoms with Crippen molar-refractivity contribution in [1.82, 2.24) is 9.29 Å². The molecule has 3 rings (SSSR count). The van der Waals surface area contributed by atoms with Crippen molar-refractivity contribution in [3.8, 4) is 11.3 Å². The summed E-state index contributed by atoms with van der Waals surface area (Å²) < 4.78 is 26.8. The smallest absolute Gasteiger partial charge is 0.241 e. The summed E-state index contributed by atoms with van der Waals surface area (Å²) in [5.41, 5.74) is 1.89. The molecule has 0 amide bonds. The quantitative estimate of drug-likeness (QED) is 0.858. The number of aromatic nitrogens is 1. The molecule has 22 heavy (non-hydrogen) atoms. The molecule has 2 aromatic rings. The Hall–Kier alpha value is -1.24. The maximum absolute atomic E-state index is 12.6. The lowest BCUT2D eigenvalue weighted by atomic mass is 10.2. The fraction of sp³-hybridized carbons (Fsp3) is 0.438. The Morgan fingerprint density at radius 1 is 1.14 bits per heavy atom. The van der Waals surface area contributed by atoms with Crippen LogP contribution in [0.1, 0.15) is 31.2 Å². The topological polar surface area (TPSA) is 50.3 Å². The fourth-order valence-corrected chi connectivity index (χ4v) is 4.93. The van der Waals surface area contributed by atoms with E-state index in [2.05, 4.69) is 11.9 Å². The monoisotopic (exact) mass is 336 g/mol. The molecule has 0 atom stereocenters. The normalized spacial score (nSPS) is 16.8. The summed E-state index contributed by atoms with van der Waals surface area (Å²) >= 11 is 1.64. The standard InChI is InChI=1S/C16H20N2O2S2/c1-2-16-17-15(12-21-16)13-6-8-14(9-7-13)22(19,20)18-10-4-3-5-11-18/h6-9,12H,2-5,10-11H2,1H3. The Kier molecular flexibility index (Phi) is 4.61. The van der Waals surface area contributed by atoms with Gasteiger partial charge < -0.3 is 0 Å². The largest absolute Gasteiger partial charge is 0.243 e. The zero-order valence-corrected chi connectivity index (χ0v) is 14.3. The number of rotatable bonds is 4. The highest BCUT2D eigenvalue weighted by atomic mass is 32.2. The first kappa shape index (κ1) is 15.6. The van der Waals surface area contributed by atoms with Gasteiger partial charge in [-0.1, -0.05) is 25.5 Å². The first-order valence-electron chi connectivity index (χ1n) is 7.66. The third-order valence-corrected chi connectivity index (χ3v) is 6.86. The number of sulfonamides is 1. The molecule has 1 aliphatic heterocycles. The van der Waals surface area contributed by atoms with E-state index in [-0.39, 0.29) is 0 Å². The van der Waals surface area contributed by atoms with Gasteiger partial charge in [-0.05, 0) is 31.4 Å². The summed E-state index contributed by atoms with van der Waals surface area (Å²) in [5.74, 6) is 0. The van der Waals surface area contributed by atoms with Crippen molar-refractivity contribution in [2.24, 2.45) is 0 Å². The van der Waals surface area contributed by atoms with Crippen molar-refractivity contribution in [2.45, 2.75) is 37.5 Å².